The third kappa shape index (κ3) is 2.13. The van der Waals surface area contributed by atoms with Crippen LogP contribution in [0.15, 0.2) is 24.3 Å². The first-order valence-electron chi connectivity index (χ1n) is 5.11. The molecule has 15 heavy (non-hydrogen) atoms. The molecule has 0 amide bonds. The number of benzene rings is 1. The lowest BCUT2D eigenvalue weighted by molar-refractivity contribution is -0.277. The largest absolute Gasteiger partial charge is 0.497 e. The molecule has 1 saturated carbocycles. The number of hydrogen-bond acceptors (Lipinski definition) is 3. The fourth-order valence-corrected chi connectivity index (χ4v) is 1.78. The molecule has 0 unspecified atom stereocenters. The smallest absolute Gasteiger partial charge is 0.118 e. The topological polar surface area (TPSA) is 27.7 Å². The van der Waals surface area contributed by atoms with Crippen molar-refractivity contribution >= 4 is 0 Å². The maximum Gasteiger partial charge on any atom is 0.118 e. The minimum Gasteiger partial charge on any atom is -0.497 e. The Hall–Kier alpha value is -1.06. The predicted molar refractivity (Wildman–Crippen MR) is 56.9 cm³/mol. The van der Waals surface area contributed by atoms with Crippen LogP contribution in [0.3, 0.4) is 0 Å². The van der Waals surface area contributed by atoms with E-state index >= 15 is 0 Å². The summed E-state index contributed by atoms with van der Waals surface area (Å²) in [7, 11) is 3.22. The Morgan fingerprint density at radius 3 is 2.27 bits per heavy atom. The van der Waals surface area contributed by atoms with Crippen LogP contribution in [-0.2, 0) is 15.2 Å². The quantitative estimate of drug-likeness (QED) is 0.549. The summed E-state index contributed by atoms with van der Waals surface area (Å²) >= 11 is 0. The van der Waals surface area contributed by atoms with Gasteiger partial charge in [-0.1, -0.05) is 12.1 Å². The molecule has 3 heteroatoms. The summed E-state index contributed by atoms with van der Waals surface area (Å²) in [4.78, 5) is 9.70. The van der Waals surface area contributed by atoms with Gasteiger partial charge in [0.2, 0.25) is 0 Å². The van der Waals surface area contributed by atoms with Crippen LogP contribution in [0, 0.1) is 0 Å². The van der Waals surface area contributed by atoms with Gasteiger partial charge in [-0.2, -0.15) is 0 Å². The molecular weight excluding hydrogens is 192 g/mol. The molecule has 0 heterocycles. The highest BCUT2D eigenvalue weighted by atomic mass is 17.2. The average molecular weight is 208 g/mol. The van der Waals surface area contributed by atoms with Crippen molar-refractivity contribution in [2.75, 3.05) is 20.8 Å². The SMILES string of the molecule is COOCC1(c2ccc(OC)cc2)CC1. The van der Waals surface area contributed by atoms with Gasteiger partial charge in [-0.05, 0) is 30.5 Å². The molecule has 1 aliphatic carbocycles. The number of rotatable bonds is 5. The van der Waals surface area contributed by atoms with Crippen molar-refractivity contribution in [2.45, 2.75) is 18.3 Å². The standard InChI is InChI=1S/C12H16O3/c1-13-11-5-3-10(4-6-11)12(7-8-12)9-15-14-2/h3-6H,7-9H2,1-2H3. The van der Waals surface area contributed by atoms with Crippen LogP contribution in [0.5, 0.6) is 5.75 Å². The monoisotopic (exact) mass is 208 g/mol. The van der Waals surface area contributed by atoms with E-state index in [0.717, 1.165) is 5.75 Å². The molecule has 1 aliphatic rings. The van der Waals surface area contributed by atoms with Crippen molar-refractivity contribution in [3.8, 4) is 5.75 Å². The first kappa shape index (κ1) is 10.5. The Kier molecular flexibility index (Phi) is 2.93. The highest BCUT2D eigenvalue weighted by Gasteiger charge is 2.44. The molecular formula is C12H16O3. The van der Waals surface area contributed by atoms with E-state index < -0.39 is 0 Å². The number of methoxy groups -OCH3 is 1. The lowest BCUT2D eigenvalue weighted by atomic mass is 9.97. The lowest BCUT2D eigenvalue weighted by Gasteiger charge is -2.14. The predicted octanol–water partition coefficient (Wildman–Crippen LogP) is 2.30. The Bertz CT molecular complexity index is 314. The Morgan fingerprint density at radius 2 is 1.80 bits per heavy atom. The van der Waals surface area contributed by atoms with Crippen molar-refractivity contribution in [1.82, 2.24) is 0 Å². The van der Waals surface area contributed by atoms with E-state index in [1.807, 2.05) is 12.1 Å². The van der Waals surface area contributed by atoms with E-state index in [4.69, 9.17) is 9.62 Å². The average Bonchev–Trinajstić information content (AvgIpc) is 3.08. The van der Waals surface area contributed by atoms with Crippen LogP contribution in [0.2, 0.25) is 0 Å². The third-order valence-corrected chi connectivity index (χ3v) is 3.01. The van der Waals surface area contributed by atoms with Crippen LogP contribution in [0.25, 0.3) is 0 Å². The van der Waals surface area contributed by atoms with Gasteiger partial charge in [-0.25, -0.2) is 9.78 Å². The second kappa shape index (κ2) is 4.21. The van der Waals surface area contributed by atoms with E-state index in [1.54, 1.807) is 14.2 Å². The van der Waals surface area contributed by atoms with Crippen molar-refractivity contribution < 1.29 is 14.5 Å². The Balaban J connectivity index is 2.08. The van der Waals surface area contributed by atoms with Crippen LogP contribution >= 0.6 is 0 Å². The summed E-state index contributed by atoms with van der Waals surface area (Å²) in [5, 5.41) is 0. The molecule has 1 aromatic carbocycles. The van der Waals surface area contributed by atoms with Crippen LogP contribution in [0.4, 0.5) is 0 Å². The number of hydrogen-bond donors (Lipinski definition) is 0. The molecule has 0 aliphatic heterocycles. The lowest BCUT2D eigenvalue weighted by Crippen LogP contribution is -2.14. The van der Waals surface area contributed by atoms with Crippen molar-refractivity contribution in [3.05, 3.63) is 29.8 Å². The van der Waals surface area contributed by atoms with E-state index in [-0.39, 0.29) is 5.41 Å². The second-order valence-corrected chi connectivity index (χ2v) is 3.94. The second-order valence-electron chi connectivity index (χ2n) is 3.94. The van der Waals surface area contributed by atoms with Crippen molar-refractivity contribution in [3.63, 3.8) is 0 Å². The molecule has 1 aromatic rings. The Morgan fingerprint density at radius 1 is 1.13 bits per heavy atom. The first-order valence-corrected chi connectivity index (χ1v) is 5.11. The van der Waals surface area contributed by atoms with Gasteiger partial charge in [0.05, 0.1) is 20.8 Å². The minimum absolute atomic E-state index is 0.183. The summed E-state index contributed by atoms with van der Waals surface area (Å²) in [6.45, 7) is 0.635. The highest BCUT2D eigenvalue weighted by Crippen LogP contribution is 2.48. The highest BCUT2D eigenvalue weighted by molar-refractivity contribution is 5.36. The van der Waals surface area contributed by atoms with E-state index in [2.05, 4.69) is 17.0 Å². The zero-order valence-electron chi connectivity index (χ0n) is 9.16. The molecule has 82 valence electrons. The molecule has 0 aromatic heterocycles. The zero-order valence-corrected chi connectivity index (χ0v) is 9.16. The maximum atomic E-state index is 5.13. The fourth-order valence-electron chi connectivity index (χ4n) is 1.78. The van der Waals surface area contributed by atoms with Gasteiger partial charge >= 0.3 is 0 Å². The molecule has 0 bridgehead atoms. The van der Waals surface area contributed by atoms with Gasteiger partial charge in [0.1, 0.15) is 5.75 Å². The summed E-state index contributed by atoms with van der Waals surface area (Å²) in [6, 6.07) is 8.18. The summed E-state index contributed by atoms with van der Waals surface area (Å²) in [6.07, 6.45) is 2.34. The summed E-state index contributed by atoms with van der Waals surface area (Å²) in [5.41, 5.74) is 1.49. The maximum absolute atomic E-state index is 5.13. The molecule has 0 atom stereocenters. The minimum atomic E-state index is 0.183. The van der Waals surface area contributed by atoms with Crippen LogP contribution < -0.4 is 4.74 Å². The molecule has 0 spiro atoms. The van der Waals surface area contributed by atoms with Gasteiger partial charge in [-0.3, -0.25) is 0 Å². The van der Waals surface area contributed by atoms with E-state index in [1.165, 1.54) is 18.4 Å². The number of ether oxygens (including phenoxy) is 1. The van der Waals surface area contributed by atoms with Gasteiger partial charge in [0.15, 0.2) is 0 Å². The van der Waals surface area contributed by atoms with E-state index in [9.17, 15) is 0 Å². The van der Waals surface area contributed by atoms with Gasteiger partial charge in [-0.15, -0.1) is 0 Å². The molecule has 0 radical (unpaired) electrons. The molecule has 1 fully saturated rings. The van der Waals surface area contributed by atoms with Gasteiger partial charge in [0.25, 0.3) is 0 Å². The normalized spacial score (nSPS) is 17.5. The summed E-state index contributed by atoms with van der Waals surface area (Å²) in [5.74, 6) is 0.891. The first-order chi connectivity index (χ1) is 7.30. The van der Waals surface area contributed by atoms with Gasteiger partial charge < -0.3 is 4.74 Å². The van der Waals surface area contributed by atoms with Crippen molar-refractivity contribution in [2.24, 2.45) is 0 Å². The van der Waals surface area contributed by atoms with Crippen LogP contribution in [0.1, 0.15) is 18.4 Å². The van der Waals surface area contributed by atoms with E-state index in [0.29, 0.717) is 6.61 Å². The molecule has 2 rings (SSSR count). The molecule has 0 N–H and O–H groups in total. The van der Waals surface area contributed by atoms with Gasteiger partial charge in [0, 0.05) is 5.41 Å². The van der Waals surface area contributed by atoms with Crippen molar-refractivity contribution in [1.29, 1.82) is 0 Å². The van der Waals surface area contributed by atoms with Crippen LogP contribution in [-0.4, -0.2) is 20.8 Å². The Labute approximate surface area is 89.9 Å². The molecule has 3 nitrogen and oxygen atoms in total. The summed E-state index contributed by atoms with van der Waals surface area (Å²) < 4.78 is 5.13. The zero-order chi connectivity index (χ0) is 10.7. The third-order valence-electron chi connectivity index (χ3n) is 3.01. The molecule has 0 saturated heterocycles. The fraction of sp³-hybridized carbons (Fsp3) is 0.500.